The summed E-state index contributed by atoms with van der Waals surface area (Å²) in [6.45, 7) is -0.760. The van der Waals surface area contributed by atoms with E-state index in [0.29, 0.717) is 0 Å². The van der Waals surface area contributed by atoms with Crippen LogP contribution in [0, 0.1) is 23.5 Å². The molecule has 10 nitrogen and oxygen atoms in total. The van der Waals surface area contributed by atoms with Crippen LogP contribution in [0.2, 0.25) is 0 Å². The number of carbonyl (C=O) groups excluding carboxylic acids is 1. The molecule has 226 valence electrons. The molecular weight excluding hydrogens is 570 g/mol. The zero-order chi connectivity index (χ0) is 31.0. The summed E-state index contributed by atoms with van der Waals surface area (Å²) in [5, 5.41) is 12.4. The van der Waals surface area contributed by atoms with Gasteiger partial charge in [0.1, 0.15) is 17.4 Å². The minimum Gasteiger partial charge on any atom is -0.481 e. The highest BCUT2D eigenvalue weighted by atomic mass is 19.3. The van der Waals surface area contributed by atoms with Crippen LogP contribution in [-0.4, -0.2) is 97.0 Å². The van der Waals surface area contributed by atoms with Gasteiger partial charge in [0.05, 0.1) is 45.7 Å². The van der Waals surface area contributed by atoms with Crippen LogP contribution < -0.4 is 15.1 Å². The molecule has 0 bridgehead atoms. The van der Waals surface area contributed by atoms with Crippen LogP contribution in [0.1, 0.15) is 10.4 Å². The van der Waals surface area contributed by atoms with Crippen molar-refractivity contribution in [3.05, 3.63) is 41.7 Å². The van der Waals surface area contributed by atoms with Gasteiger partial charge in [0.15, 0.2) is 17.4 Å². The van der Waals surface area contributed by atoms with Gasteiger partial charge in [-0.05, 0) is 20.2 Å². The molecule has 3 N–H and O–H groups in total. The zero-order valence-electron chi connectivity index (χ0n) is 23.8. The Kier molecular flexibility index (Phi) is 6.71. The van der Waals surface area contributed by atoms with Crippen LogP contribution in [-0.2, 0) is 4.79 Å². The highest BCUT2D eigenvalue weighted by Crippen LogP contribution is 2.47. The average molecular weight is 600 g/mol. The lowest BCUT2D eigenvalue weighted by molar-refractivity contribution is -0.139. The summed E-state index contributed by atoms with van der Waals surface area (Å²) in [4.78, 5) is 41.5. The summed E-state index contributed by atoms with van der Waals surface area (Å²) >= 11 is 0. The Hall–Kier alpha value is -4.46. The fourth-order valence-corrected chi connectivity index (χ4v) is 6.24. The maximum Gasteiger partial charge on any atom is 0.316 e. The number of pyridine rings is 2. The number of ketones is 1. The maximum atomic E-state index is 15.6. The van der Waals surface area contributed by atoms with E-state index in [1.54, 1.807) is 38.0 Å². The van der Waals surface area contributed by atoms with Gasteiger partial charge in [-0.25, -0.2) is 27.5 Å². The average Bonchev–Trinajstić information content (AvgIpc) is 3.48. The third kappa shape index (κ3) is 4.51. The van der Waals surface area contributed by atoms with E-state index in [1.807, 2.05) is 0 Å². The summed E-state index contributed by atoms with van der Waals surface area (Å²) < 4.78 is 61.3. The molecule has 0 radical (unpaired) electrons. The normalized spacial score (nSPS) is 20.0. The van der Waals surface area contributed by atoms with Gasteiger partial charge in [-0.3, -0.25) is 9.59 Å². The highest BCUT2D eigenvalue weighted by molar-refractivity contribution is 6.18. The fraction of sp³-hybridized carbons (Fsp3) is 0.379. The number of carbonyl (C=O) groups is 2. The number of anilines is 3. The number of hydrogen-bond acceptors (Lipinski definition) is 8. The standard InChI is InChI=1S/C29H29F4N7O3/c1-34-19-6-18(30)22(31)20-21-24(40-10-14(9-38(2)3)29(32,33)12-40)16(8-35-26(21)37-23(19)20)13-5-15-25(41)17(28(42)43)11-39(4)27(15)36-7-13/h5-8,14,17,34H,9-12H2,1-4H3,(H,35,37)(H,42,43). The first-order valence-electron chi connectivity index (χ1n) is 13.6. The third-order valence-electron chi connectivity index (χ3n) is 8.25. The number of nitrogens with one attached hydrogen (secondary N) is 2. The van der Waals surface area contributed by atoms with E-state index in [0.717, 1.165) is 6.07 Å². The predicted octanol–water partition coefficient (Wildman–Crippen LogP) is 4.06. The molecule has 2 aliphatic rings. The molecule has 0 amide bonds. The van der Waals surface area contributed by atoms with Gasteiger partial charge in [-0.15, -0.1) is 0 Å². The number of rotatable bonds is 6. The first-order chi connectivity index (χ1) is 20.3. The summed E-state index contributed by atoms with van der Waals surface area (Å²) in [5.41, 5.74) is 1.39. The molecule has 1 fully saturated rings. The number of halogens is 4. The third-order valence-corrected chi connectivity index (χ3v) is 8.25. The van der Waals surface area contributed by atoms with Crippen LogP contribution in [0.25, 0.3) is 33.1 Å². The van der Waals surface area contributed by atoms with Crippen molar-refractivity contribution in [2.75, 3.05) is 69.5 Å². The molecule has 2 unspecified atom stereocenters. The Labute approximate surface area is 243 Å². The van der Waals surface area contributed by atoms with Gasteiger partial charge in [-0.1, -0.05) is 0 Å². The lowest BCUT2D eigenvalue weighted by Crippen LogP contribution is -2.41. The smallest absolute Gasteiger partial charge is 0.316 e. The van der Waals surface area contributed by atoms with Gasteiger partial charge >= 0.3 is 5.97 Å². The number of aromatic nitrogens is 3. The molecule has 6 rings (SSSR count). The van der Waals surface area contributed by atoms with Crippen LogP contribution in [0.5, 0.6) is 0 Å². The molecule has 2 aliphatic heterocycles. The Bertz CT molecular complexity index is 1810. The van der Waals surface area contributed by atoms with Crippen molar-refractivity contribution in [2.45, 2.75) is 5.92 Å². The highest BCUT2D eigenvalue weighted by Gasteiger charge is 2.49. The monoisotopic (exact) mass is 599 g/mol. The molecule has 43 heavy (non-hydrogen) atoms. The van der Waals surface area contributed by atoms with Crippen molar-refractivity contribution >= 4 is 50.9 Å². The molecule has 14 heteroatoms. The number of nitrogens with zero attached hydrogens (tertiary/aromatic N) is 5. The van der Waals surface area contributed by atoms with E-state index >= 15 is 13.2 Å². The second kappa shape index (κ2) is 10.1. The van der Waals surface area contributed by atoms with Gasteiger partial charge in [0, 0.05) is 63.3 Å². The van der Waals surface area contributed by atoms with Gasteiger partial charge in [-0.2, -0.15) is 0 Å². The van der Waals surface area contributed by atoms with E-state index < -0.39 is 47.7 Å². The first-order valence-corrected chi connectivity index (χ1v) is 13.6. The largest absolute Gasteiger partial charge is 0.481 e. The molecule has 0 saturated carbocycles. The van der Waals surface area contributed by atoms with Gasteiger partial charge < -0.3 is 30.1 Å². The van der Waals surface area contributed by atoms with Crippen molar-refractivity contribution in [1.29, 1.82) is 0 Å². The minimum atomic E-state index is -3.11. The molecular formula is C29H29F4N7O3. The lowest BCUT2D eigenvalue weighted by atomic mass is 9.91. The summed E-state index contributed by atoms with van der Waals surface area (Å²) in [6, 6.07) is 2.46. The van der Waals surface area contributed by atoms with Gasteiger partial charge in [0.25, 0.3) is 5.92 Å². The van der Waals surface area contributed by atoms with E-state index in [1.165, 1.54) is 23.4 Å². The van der Waals surface area contributed by atoms with Crippen molar-refractivity contribution in [3.8, 4) is 11.1 Å². The Morgan fingerprint density at radius 3 is 2.58 bits per heavy atom. The number of aliphatic carboxylic acids is 1. The van der Waals surface area contributed by atoms with Gasteiger partial charge in [0.2, 0.25) is 0 Å². The molecule has 2 atom stereocenters. The minimum absolute atomic E-state index is 0.0514. The number of fused-ring (bicyclic) bond motifs is 4. The zero-order valence-corrected chi connectivity index (χ0v) is 23.8. The SMILES string of the molecule is CNc1cc(F)c(F)c2c1[nH]c1ncc(-c3cnc4c(c3)C(=O)C(C(=O)O)CN4C)c(N3CC(CN(C)C)C(F)(F)C3)c12. The number of benzene rings is 1. The quantitative estimate of drug-likeness (QED) is 0.223. The molecule has 0 spiro atoms. The second-order valence-corrected chi connectivity index (χ2v) is 11.4. The maximum absolute atomic E-state index is 15.6. The van der Waals surface area contributed by atoms with E-state index in [-0.39, 0.29) is 75.5 Å². The van der Waals surface area contributed by atoms with Crippen LogP contribution in [0.15, 0.2) is 24.5 Å². The number of hydrogen-bond donors (Lipinski definition) is 3. The van der Waals surface area contributed by atoms with Crippen LogP contribution in [0.4, 0.5) is 34.8 Å². The molecule has 1 aromatic carbocycles. The number of carboxylic acid groups (broad SMARTS) is 1. The van der Waals surface area contributed by atoms with Crippen molar-refractivity contribution in [1.82, 2.24) is 19.9 Å². The van der Waals surface area contributed by atoms with E-state index in [2.05, 4.69) is 20.3 Å². The number of Topliss-reactive ketones (excluding diaryl/α,β-unsaturated/α-hetero) is 1. The number of H-pyrrole nitrogens is 1. The molecule has 0 aliphatic carbocycles. The van der Waals surface area contributed by atoms with Crippen LogP contribution >= 0.6 is 0 Å². The number of aromatic amines is 1. The topological polar surface area (TPSA) is 118 Å². The van der Waals surface area contributed by atoms with Crippen molar-refractivity contribution in [3.63, 3.8) is 0 Å². The predicted molar refractivity (Wildman–Crippen MR) is 154 cm³/mol. The second-order valence-electron chi connectivity index (χ2n) is 11.4. The molecule has 1 saturated heterocycles. The molecule has 3 aromatic heterocycles. The Morgan fingerprint density at radius 1 is 1.16 bits per heavy atom. The van der Waals surface area contributed by atoms with Crippen molar-refractivity contribution in [2.24, 2.45) is 11.8 Å². The van der Waals surface area contributed by atoms with Crippen LogP contribution in [0.3, 0.4) is 0 Å². The number of carboxylic acids is 1. The Morgan fingerprint density at radius 2 is 1.91 bits per heavy atom. The summed E-state index contributed by atoms with van der Waals surface area (Å²) in [6.07, 6.45) is 2.85. The number of alkyl halides is 2. The summed E-state index contributed by atoms with van der Waals surface area (Å²) in [5.74, 6) is -9.42. The van der Waals surface area contributed by atoms with Crippen molar-refractivity contribution < 1.29 is 32.3 Å². The van der Waals surface area contributed by atoms with E-state index in [9.17, 15) is 19.1 Å². The fourth-order valence-electron chi connectivity index (χ4n) is 6.24. The lowest BCUT2D eigenvalue weighted by Gasteiger charge is -2.30. The Balaban J connectivity index is 1.64. The molecule has 5 heterocycles. The van der Waals surface area contributed by atoms with E-state index in [4.69, 9.17) is 0 Å². The first kappa shape index (κ1) is 28.6. The summed E-state index contributed by atoms with van der Waals surface area (Å²) in [7, 11) is 6.56. The molecule has 4 aromatic rings.